The first kappa shape index (κ1) is 11.0. The molecule has 0 amide bonds. The highest BCUT2D eigenvalue weighted by Gasteiger charge is 2.18. The Morgan fingerprint density at radius 1 is 1.44 bits per heavy atom. The van der Waals surface area contributed by atoms with Crippen LogP contribution in [0, 0.1) is 17.0 Å². The number of nitro groups is 1. The van der Waals surface area contributed by atoms with Gasteiger partial charge in [0.15, 0.2) is 0 Å². The average Bonchev–Trinajstić information content (AvgIpc) is 2.30. The van der Waals surface area contributed by atoms with Gasteiger partial charge in [0.25, 0.3) is 5.69 Å². The zero-order valence-corrected chi connectivity index (χ0v) is 9.19. The first-order valence-corrected chi connectivity index (χ1v) is 5.37. The molecule has 0 saturated carbocycles. The summed E-state index contributed by atoms with van der Waals surface area (Å²) in [7, 11) is 0. The van der Waals surface area contributed by atoms with Gasteiger partial charge >= 0.3 is 0 Å². The summed E-state index contributed by atoms with van der Waals surface area (Å²) in [6.45, 7) is 4.42. The zero-order chi connectivity index (χ0) is 11.5. The van der Waals surface area contributed by atoms with Crippen LogP contribution in [-0.4, -0.2) is 24.6 Å². The lowest BCUT2D eigenvalue weighted by molar-refractivity contribution is -0.385. The molecule has 1 aromatic carbocycles. The molecular weight excluding hydrogens is 206 g/mol. The smallest absolute Gasteiger partial charge is 0.272 e. The molecule has 1 aliphatic rings. The number of nitrogens with zero attached hydrogens (tertiary/aromatic N) is 1. The van der Waals surface area contributed by atoms with Crippen LogP contribution in [0.1, 0.15) is 17.2 Å². The van der Waals surface area contributed by atoms with Crippen LogP contribution in [0.5, 0.6) is 0 Å². The third-order valence-corrected chi connectivity index (χ3v) is 2.87. The van der Waals surface area contributed by atoms with E-state index in [1.165, 1.54) is 0 Å². The molecule has 0 aromatic heterocycles. The molecule has 0 bridgehead atoms. The van der Waals surface area contributed by atoms with E-state index in [0.717, 1.165) is 25.2 Å². The Kier molecular flexibility index (Phi) is 3.17. The summed E-state index contributed by atoms with van der Waals surface area (Å²) >= 11 is 0. The Morgan fingerprint density at radius 2 is 2.25 bits per heavy atom. The lowest BCUT2D eigenvalue weighted by atomic mass is 10.0. The highest BCUT2D eigenvalue weighted by molar-refractivity contribution is 5.43. The fraction of sp³-hybridized carbons (Fsp3) is 0.455. The average molecular weight is 221 g/mol. The number of nitro benzene ring substituents is 1. The fourth-order valence-electron chi connectivity index (χ4n) is 1.93. The maximum atomic E-state index is 10.8. The predicted octanol–water partition coefficient (Wildman–Crippen LogP) is 1.14. The number of hydrogen-bond donors (Lipinski definition) is 2. The molecule has 0 radical (unpaired) electrons. The van der Waals surface area contributed by atoms with E-state index in [9.17, 15) is 10.1 Å². The summed E-state index contributed by atoms with van der Waals surface area (Å²) in [5.41, 5.74) is 1.88. The van der Waals surface area contributed by atoms with Crippen molar-refractivity contribution in [1.82, 2.24) is 10.6 Å². The second kappa shape index (κ2) is 4.59. The number of aryl methyl sites for hydroxylation is 1. The lowest BCUT2D eigenvalue weighted by Gasteiger charge is -2.24. The van der Waals surface area contributed by atoms with Crippen LogP contribution in [-0.2, 0) is 0 Å². The van der Waals surface area contributed by atoms with Crippen molar-refractivity contribution in [3.05, 3.63) is 39.4 Å². The van der Waals surface area contributed by atoms with Crippen LogP contribution in [0.25, 0.3) is 0 Å². The van der Waals surface area contributed by atoms with Gasteiger partial charge in [0.1, 0.15) is 0 Å². The van der Waals surface area contributed by atoms with Crippen molar-refractivity contribution in [2.24, 2.45) is 0 Å². The van der Waals surface area contributed by atoms with Crippen molar-refractivity contribution < 1.29 is 4.92 Å². The molecular formula is C11H15N3O2. The van der Waals surface area contributed by atoms with Crippen molar-refractivity contribution in [1.29, 1.82) is 0 Å². The van der Waals surface area contributed by atoms with E-state index in [0.29, 0.717) is 5.56 Å². The van der Waals surface area contributed by atoms with Crippen LogP contribution in [0.15, 0.2) is 18.2 Å². The molecule has 0 spiro atoms. The van der Waals surface area contributed by atoms with Gasteiger partial charge in [-0.25, -0.2) is 0 Å². The second-order valence-electron chi connectivity index (χ2n) is 4.01. The van der Waals surface area contributed by atoms with Crippen LogP contribution < -0.4 is 10.6 Å². The molecule has 1 fully saturated rings. The Labute approximate surface area is 94.0 Å². The zero-order valence-electron chi connectivity index (χ0n) is 9.19. The minimum Gasteiger partial charge on any atom is -0.314 e. The molecule has 1 aromatic rings. The van der Waals surface area contributed by atoms with E-state index in [1.807, 2.05) is 12.1 Å². The third-order valence-electron chi connectivity index (χ3n) is 2.87. The maximum Gasteiger partial charge on any atom is 0.272 e. The van der Waals surface area contributed by atoms with Crippen molar-refractivity contribution in [2.75, 3.05) is 19.6 Å². The number of nitrogens with one attached hydrogen (secondary N) is 2. The van der Waals surface area contributed by atoms with Crippen molar-refractivity contribution >= 4 is 5.69 Å². The van der Waals surface area contributed by atoms with Gasteiger partial charge in [0, 0.05) is 37.3 Å². The summed E-state index contributed by atoms with van der Waals surface area (Å²) in [6.07, 6.45) is 0. The van der Waals surface area contributed by atoms with Crippen LogP contribution in [0.3, 0.4) is 0 Å². The van der Waals surface area contributed by atoms with Crippen LogP contribution in [0.2, 0.25) is 0 Å². The summed E-state index contributed by atoms with van der Waals surface area (Å²) in [5, 5.41) is 17.4. The van der Waals surface area contributed by atoms with E-state index in [1.54, 1.807) is 13.0 Å². The first-order chi connectivity index (χ1) is 7.68. The number of hydrogen-bond acceptors (Lipinski definition) is 4. The van der Waals surface area contributed by atoms with Gasteiger partial charge in [-0.15, -0.1) is 0 Å². The first-order valence-electron chi connectivity index (χ1n) is 5.37. The summed E-state index contributed by atoms with van der Waals surface area (Å²) in [4.78, 5) is 10.5. The predicted molar refractivity (Wildman–Crippen MR) is 61.4 cm³/mol. The molecule has 0 aliphatic carbocycles. The van der Waals surface area contributed by atoms with Crippen molar-refractivity contribution in [3.63, 3.8) is 0 Å². The highest BCUT2D eigenvalue weighted by Crippen LogP contribution is 2.23. The Morgan fingerprint density at radius 3 is 2.88 bits per heavy atom. The topological polar surface area (TPSA) is 67.2 Å². The minimum atomic E-state index is -0.324. The number of benzene rings is 1. The molecule has 2 N–H and O–H groups in total. The molecule has 0 unspecified atom stereocenters. The second-order valence-corrected chi connectivity index (χ2v) is 4.01. The normalized spacial score (nSPS) is 20.7. The molecule has 5 nitrogen and oxygen atoms in total. The molecule has 2 rings (SSSR count). The van der Waals surface area contributed by atoms with Crippen molar-refractivity contribution in [3.8, 4) is 0 Å². The number of rotatable bonds is 2. The SMILES string of the molecule is Cc1ccc([C@@H]2CNCCN2)cc1[N+](=O)[O-]. The molecule has 1 heterocycles. The van der Waals surface area contributed by atoms with Gasteiger partial charge in [-0.05, 0) is 12.5 Å². The van der Waals surface area contributed by atoms with Gasteiger partial charge in [-0.3, -0.25) is 10.1 Å². The molecule has 1 aliphatic heterocycles. The van der Waals surface area contributed by atoms with E-state index < -0.39 is 0 Å². The minimum absolute atomic E-state index is 0.174. The molecule has 1 atom stereocenters. The number of piperazine rings is 1. The quantitative estimate of drug-likeness (QED) is 0.580. The Hall–Kier alpha value is -1.46. The van der Waals surface area contributed by atoms with E-state index in [4.69, 9.17) is 0 Å². The van der Waals surface area contributed by atoms with Gasteiger partial charge in [0.2, 0.25) is 0 Å². The molecule has 16 heavy (non-hydrogen) atoms. The highest BCUT2D eigenvalue weighted by atomic mass is 16.6. The summed E-state index contributed by atoms with van der Waals surface area (Å²) < 4.78 is 0. The van der Waals surface area contributed by atoms with E-state index >= 15 is 0 Å². The van der Waals surface area contributed by atoms with Crippen LogP contribution in [0.4, 0.5) is 5.69 Å². The van der Waals surface area contributed by atoms with Crippen molar-refractivity contribution in [2.45, 2.75) is 13.0 Å². The maximum absolute atomic E-state index is 10.8. The van der Waals surface area contributed by atoms with Gasteiger partial charge in [0.05, 0.1) is 4.92 Å². The largest absolute Gasteiger partial charge is 0.314 e. The standard InChI is InChI=1S/C11H15N3O2/c1-8-2-3-9(6-11(8)14(15)16)10-7-12-4-5-13-10/h2-3,6,10,12-13H,4-5,7H2,1H3/t10-/m0/s1. The summed E-state index contributed by atoms with van der Waals surface area (Å²) in [5.74, 6) is 0. The van der Waals surface area contributed by atoms with E-state index in [2.05, 4.69) is 10.6 Å². The van der Waals surface area contributed by atoms with E-state index in [-0.39, 0.29) is 16.7 Å². The Balaban J connectivity index is 2.27. The van der Waals surface area contributed by atoms with Crippen LogP contribution >= 0.6 is 0 Å². The Bertz CT molecular complexity index is 400. The third kappa shape index (κ3) is 2.20. The monoisotopic (exact) mass is 221 g/mol. The summed E-state index contributed by atoms with van der Waals surface area (Å²) in [6, 6.07) is 5.60. The van der Waals surface area contributed by atoms with Gasteiger partial charge < -0.3 is 10.6 Å². The van der Waals surface area contributed by atoms with Gasteiger partial charge in [-0.2, -0.15) is 0 Å². The van der Waals surface area contributed by atoms with Gasteiger partial charge in [-0.1, -0.05) is 12.1 Å². The molecule has 86 valence electrons. The molecule has 1 saturated heterocycles. The molecule has 5 heteroatoms. The fourth-order valence-corrected chi connectivity index (χ4v) is 1.93. The lowest BCUT2D eigenvalue weighted by Crippen LogP contribution is -2.42.